The first-order valence-corrected chi connectivity index (χ1v) is 5.27. The Balaban J connectivity index is 2.14. The molecule has 1 fully saturated rings. The van der Waals surface area contributed by atoms with Crippen LogP contribution in [0.5, 0.6) is 0 Å². The van der Waals surface area contributed by atoms with E-state index in [1.807, 2.05) is 0 Å². The molecule has 14 heavy (non-hydrogen) atoms. The van der Waals surface area contributed by atoms with Crippen molar-refractivity contribution in [2.75, 3.05) is 5.88 Å². The van der Waals surface area contributed by atoms with Crippen LogP contribution < -0.4 is 5.69 Å². The van der Waals surface area contributed by atoms with Gasteiger partial charge in [-0.1, -0.05) is 0 Å². The molecule has 0 amide bonds. The fraction of sp³-hybridized carbons (Fsp3) is 0.667. The molecule has 1 aliphatic carbocycles. The quantitative estimate of drug-likeness (QED) is 0.749. The van der Waals surface area contributed by atoms with Crippen molar-refractivity contribution < 1.29 is 5.11 Å². The smallest absolute Gasteiger partial charge is 0.328 e. The minimum atomic E-state index is -0.649. The molecule has 5 heteroatoms. The average molecular weight is 217 g/mol. The molecule has 1 heterocycles. The van der Waals surface area contributed by atoms with Gasteiger partial charge in [-0.25, -0.2) is 4.79 Å². The lowest BCUT2D eigenvalue weighted by atomic mass is 10.4. The second-order valence-corrected chi connectivity index (χ2v) is 3.99. The van der Waals surface area contributed by atoms with Gasteiger partial charge in [-0.15, -0.1) is 11.6 Å². The summed E-state index contributed by atoms with van der Waals surface area (Å²) in [5.41, 5.74) is -0.0448. The third kappa shape index (κ3) is 1.86. The highest BCUT2D eigenvalue weighted by Crippen LogP contribution is 2.33. The van der Waals surface area contributed by atoms with Gasteiger partial charge in [0.2, 0.25) is 0 Å². The van der Waals surface area contributed by atoms with E-state index in [2.05, 4.69) is 0 Å². The molecule has 0 saturated heterocycles. The number of hydrogen-bond donors (Lipinski definition) is 1. The molecule has 0 aromatic carbocycles. The second kappa shape index (κ2) is 3.79. The van der Waals surface area contributed by atoms with E-state index in [0.29, 0.717) is 6.04 Å². The predicted octanol–water partition coefficient (Wildman–Crippen LogP) is 0.584. The van der Waals surface area contributed by atoms with Crippen molar-refractivity contribution in [2.24, 2.45) is 0 Å². The Hall–Kier alpha value is -0.740. The molecular formula is C9H13ClN2O2. The van der Waals surface area contributed by atoms with Gasteiger partial charge in [0.15, 0.2) is 0 Å². The Kier molecular flexibility index (Phi) is 2.65. The molecule has 1 aromatic heterocycles. The lowest BCUT2D eigenvalue weighted by Crippen LogP contribution is -2.28. The van der Waals surface area contributed by atoms with Gasteiger partial charge in [0, 0.05) is 18.4 Å². The van der Waals surface area contributed by atoms with E-state index in [1.54, 1.807) is 17.0 Å². The van der Waals surface area contributed by atoms with Gasteiger partial charge in [-0.2, -0.15) is 0 Å². The topological polar surface area (TPSA) is 47.2 Å². The number of alkyl halides is 1. The summed E-state index contributed by atoms with van der Waals surface area (Å²) in [6.07, 6.45) is 5.01. The highest BCUT2D eigenvalue weighted by molar-refractivity contribution is 6.18. The van der Waals surface area contributed by atoms with E-state index in [4.69, 9.17) is 11.6 Å². The first kappa shape index (κ1) is 9.80. The Morgan fingerprint density at radius 1 is 1.57 bits per heavy atom. The van der Waals surface area contributed by atoms with Crippen LogP contribution in [-0.4, -0.2) is 26.2 Å². The maximum atomic E-state index is 11.7. The molecule has 1 unspecified atom stereocenters. The molecule has 1 saturated carbocycles. The molecule has 1 N–H and O–H groups in total. The fourth-order valence-electron chi connectivity index (χ4n) is 1.47. The number of aliphatic hydroxyl groups excluding tert-OH is 1. The summed E-state index contributed by atoms with van der Waals surface area (Å²) in [6.45, 7) is 0.280. The van der Waals surface area contributed by atoms with Gasteiger partial charge in [0.1, 0.15) is 0 Å². The summed E-state index contributed by atoms with van der Waals surface area (Å²) in [7, 11) is 0. The van der Waals surface area contributed by atoms with Gasteiger partial charge >= 0.3 is 5.69 Å². The molecule has 78 valence electrons. The zero-order chi connectivity index (χ0) is 10.1. The Labute approximate surface area is 86.7 Å². The number of rotatable bonds is 4. The summed E-state index contributed by atoms with van der Waals surface area (Å²) >= 11 is 5.46. The maximum Gasteiger partial charge on any atom is 0.328 e. The van der Waals surface area contributed by atoms with Crippen molar-refractivity contribution in [3.8, 4) is 0 Å². The molecule has 1 aromatic rings. The molecule has 0 bridgehead atoms. The molecule has 0 radical (unpaired) electrons. The predicted molar refractivity (Wildman–Crippen MR) is 53.7 cm³/mol. The number of hydrogen-bond acceptors (Lipinski definition) is 2. The number of halogens is 1. The van der Waals surface area contributed by atoms with E-state index in [0.717, 1.165) is 12.8 Å². The van der Waals surface area contributed by atoms with Crippen LogP contribution in [0.15, 0.2) is 17.2 Å². The third-order valence-electron chi connectivity index (χ3n) is 2.40. The van der Waals surface area contributed by atoms with Gasteiger partial charge < -0.3 is 5.11 Å². The second-order valence-electron chi connectivity index (χ2n) is 3.68. The number of aromatic nitrogens is 2. The van der Waals surface area contributed by atoms with Crippen LogP contribution in [0.25, 0.3) is 0 Å². The van der Waals surface area contributed by atoms with E-state index in [1.165, 1.54) is 4.57 Å². The molecule has 0 spiro atoms. The summed E-state index contributed by atoms with van der Waals surface area (Å²) in [4.78, 5) is 11.7. The van der Waals surface area contributed by atoms with Crippen molar-refractivity contribution in [2.45, 2.75) is 31.5 Å². The van der Waals surface area contributed by atoms with Gasteiger partial charge in [0.25, 0.3) is 0 Å². The SMILES string of the molecule is O=c1n(CC(O)CCl)ccn1C1CC1. The van der Waals surface area contributed by atoms with Gasteiger partial charge in [-0.05, 0) is 12.8 Å². The van der Waals surface area contributed by atoms with Crippen LogP contribution in [-0.2, 0) is 6.54 Å². The van der Waals surface area contributed by atoms with Gasteiger partial charge in [0.05, 0.1) is 18.5 Å². The molecule has 4 nitrogen and oxygen atoms in total. The van der Waals surface area contributed by atoms with Crippen LogP contribution in [0.1, 0.15) is 18.9 Å². The molecular weight excluding hydrogens is 204 g/mol. The van der Waals surface area contributed by atoms with Crippen molar-refractivity contribution in [1.82, 2.24) is 9.13 Å². The monoisotopic (exact) mass is 216 g/mol. The summed E-state index contributed by atoms with van der Waals surface area (Å²) in [5.74, 6) is 0.154. The highest BCUT2D eigenvalue weighted by Gasteiger charge is 2.25. The third-order valence-corrected chi connectivity index (χ3v) is 2.76. The fourth-order valence-corrected chi connectivity index (χ4v) is 1.57. The molecule has 1 atom stereocenters. The van der Waals surface area contributed by atoms with Crippen molar-refractivity contribution in [1.29, 1.82) is 0 Å². The van der Waals surface area contributed by atoms with E-state index < -0.39 is 6.10 Å². The standard InChI is InChI=1S/C9H13ClN2O2/c10-5-8(13)6-11-3-4-12(9(11)14)7-1-2-7/h3-4,7-8,13H,1-2,5-6H2. The van der Waals surface area contributed by atoms with Crippen molar-refractivity contribution in [3.63, 3.8) is 0 Å². The minimum absolute atomic E-state index is 0.0448. The van der Waals surface area contributed by atoms with Crippen molar-refractivity contribution >= 4 is 11.6 Å². The molecule has 0 aliphatic heterocycles. The van der Waals surface area contributed by atoms with Crippen LogP contribution in [0.3, 0.4) is 0 Å². The van der Waals surface area contributed by atoms with E-state index in [9.17, 15) is 9.90 Å². The van der Waals surface area contributed by atoms with Crippen LogP contribution >= 0.6 is 11.6 Å². The van der Waals surface area contributed by atoms with E-state index >= 15 is 0 Å². The Bertz CT molecular complexity index is 367. The lowest BCUT2D eigenvalue weighted by Gasteiger charge is -2.05. The number of aliphatic hydroxyl groups is 1. The Morgan fingerprint density at radius 2 is 2.29 bits per heavy atom. The summed E-state index contributed by atoms with van der Waals surface area (Å²) in [5, 5.41) is 9.30. The zero-order valence-corrected chi connectivity index (χ0v) is 8.52. The van der Waals surface area contributed by atoms with Gasteiger partial charge in [-0.3, -0.25) is 9.13 Å². The first-order valence-electron chi connectivity index (χ1n) is 4.73. The van der Waals surface area contributed by atoms with E-state index in [-0.39, 0.29) is 18.1 Å². The first-order chi connectivity index (χ1) is 6.72. The van der Waals surface area contributed by atoms with Crippen LogP contribution in [0.4, 0.5) is 0 Å². The summed E-state index contributed by atoms with van der Waals surface area (Å²) < 4.78 is 3.23. The minimum Gasteiger partial charge on any atom is -0.390 e. The largest absolute Gasteiger partial charge is 0.390 e. The molecule has 2 rings (SSSR count). The zero-order valence-electron chi connectivity index (χ0n) is 7.77. The average Bonchev–Trinajstić information content (AvgIpc) is 2.95. The molecule has 1 aliphatic rings. The van der Waals surface area contributed by atoms with Crippen molar-refractivity contribution in [3.05, 3.63) is 22.9 Å². The maximum absolute atomic E-state index is 11.7. The number of nitrogens with zero attached hydrogens (tertiary/aromatic N) is 2. The van der Waals surface area contributed by atoms with Crippen LogP contribution in [0, 0.1) is 0 Å². The lowest BCUT2D eigenvalue weighted by molar-refractivity contribution is 0.175. The number of imidazole rings is 1. The van der Waals surface area contributed by atoms with Crippen LogP contribution in [0.2, 0.25) is 0 Å². The Morgan fingerprint density at radius 3 is 2.86 bits per heavy atom. The summed E-state index contributed by atoms with van der Waals surface area (Å²) in [6, 6.07) is 0.386. The highest BCUT2D eigenvalue weighted by atomic mass is 35.5. The normalized spacial score (nSPS) is 18.4.